The Morgan fingerprint density at radius 3 is 2.53 bits per heavy atom. The predicted octanol–water partition coefficient (Wildman–Crippen LogP) is 4.15. The van der Waals surface area contributed by atoms with E-state index in [1.165, 1.54) is 22.2 Å². The number of rotatable bonds is 5. The molecule has 3 aromatic heterocycles. The molecule has 5 heterocycles. The summed E-state index contributed by atoms with van der Waals surface area (Å²) in [6.07, 6.45) is 4.39. The lowest BCUT2D eigenvalue weighted by Gasteiger charge is -2.43. The number of halogens is 2. The van der Waals surface area contributed by atoms with E-state index < -0.39 is 11.4 Å². The molecule has 2 amide bonds. The third-order valence-electron chi connectivity index (χ3n) is 8.92. The van der Waals surface area contributed by atoms with Gasteiger partial charge < -0.3 is 19.5 Å². The minimum atomic E-state index is -1.14. The maximum atomic E-state index is 14.8. The molecule has 226 valence electrons. The molecule has 2 saturated heterocycles. The zero-order chi connectivity index (χ0) is 30.5. The van der Waals surface area contributed by atoms with Gasteiger partial charge in [0.1, 0.15) is 16.9 Å². The number of piperidine rings is 2. The van der Waals surface area contributed by atoms with Crippen LogP contribution in [0, 0.1) is 22.2 Å². The van der Waals surface area contributed by atoms with Crippen LogP contribution in [0.3, 0.4) is 0 Å². The highest BCUT2D eigenvalue weighted by molar-refractivity contribution is 14.1. The Morgan fingerprint density at radius 2 is 1.86 bits per heavy atom. The highest BCUT2D eigenvalue weighted by Crippen LogP contribution is 2.37. The first-order chi connectivity index (χ1) is 20.6. The molecule has 12 heteroatoms. The van der Waals surface area contributed by atoms with Gasteiger partial charge in [-0.25, -0.2) is 9.37 Å². The number of benzene rings is 1. The first kappa shape index (κ1) is 29.9. The van der Waals surface area contributed by atoms with Crippen LogP contribution in [0.5, 0.6) is 0 Å². The Labute approximate surface area is 266 Å². The number of likely N-dealkylation sites (tertiary alicyclic amines) is 2. The number of hydrogen-bond donors (Lipinski definition) is 1. The standard InChI is InChI=1S/C31H33FIN5O4S/c1-19-25(33)24(32)26(43-19)30(41)37-13-9-21(23(16-37)20-6-4-3-5-7-20)28(39)36-14-10-31(42,11-15-36)17-38-18-34-27-22(29(38)40)8-12-35(27)2/h3-8,12,18,21,23,42H,9-11,13-17H2,1-2H3/t21-,23+/m1/s1. The lowest BCUT2D eigenvalue weighted by molar-refractivity contribution is -0.142. The summed E-state index contributed by atoms with van der Waals surface area (Å²) in [6.45, 7) is 3.33. The number of thiophene rings is 1. The number of carbonyl (C=O) groups is 2. The fourth-order valence-electron chi connectivity index (χ4n) is 6.39. The van der Waals surface area contributed by atoms with Crippen LogP contribution >= 0.6 is 33.9 Å². The van der Waals surface area contributed by atoms with Crippen LogP contribution in [0.25, 0.3) is 11.0 Å². The van der Waals surface area contributed by atoms with Gasteiger partial charge in [-0.2, -0.15) is 0 Å². The third-order valence-corrected chi connectivity index (χ3v) is 11.6. The number of aromatic nitrogens is 3. The molecule has 0 bridgehead atoms. The summed E-state index contributed by atoms with van der Waals surface area (Å²) < 4.78 is 18.6. The number of fused-ring (bicyclic) bond motifs is 1. The molecule has 2 fully saturated rings. The average molecular weight is 718 g/mol. The Balaban J connectivity index is 1.16. The van der Waals surface area contributed by atoms with Crippen LogP contribution in [0.15, 0.2) is 53.7 Å². The first-order valence-electron chi connectivity index (χ1n) is 14.4. The number of hydrogen-bond acceptors (Lipinski definition) is 6. The zero-order valence-electron chi connectivity index (χ0n) is 24.0. The molecule has 2 atom stereocenters. The van der Waals surface area contributed by atoms with Crippen LogP contribution in [0.1, 0.15) is 45.3 Å². The van der Waals surface area contributed by atoms with Crippen molar-refractivity contribution in [2.24, 2.45) is 13.0 Å². The van der Waals surface area contributed by atoms with Crippen molar-refractivity contribution in [3.05, 3.63) is 84.0 Å². The predicted molar refractivity (Wildman–Crippen MR) is 171 cm³/mol. The van der Waals surface area contributed by atoms with E-state index in [1.807, 2.05) is 60.0 Å². The SMILES string of the molecule is Cc1sc(C(=O)N2CC[C@@H](C(=O)N3CCC(O)(Cn4cnc5c(ccn5C)c4=O)CC3)[C@H](c3ccccc3)C2)c(F)c1I. The summed E-state index contributed by atoms with van der Waals surface area (Å²) in [6, 6.07) is 11.4. The van der Waals surface area contributed by atoms with E-state index in [0.717, 1.165) is 10.4 Å². The molecule has 2 aliphatic heterocycles. The Hall–Kier alpha value is -3.10. The second-order valence-corrected chi connectivity index (χ2v) is 14.0. The van der Waals surface area contributed by atoms with Crippen LogP contribution < -0.4 is 5.56 Å². The molecule has 1 N–H and O–H groups in total. The summed E-state index contributed by atoms with van der Waals surface area (Å²) in [5.74, 6) is -1.38. The van der Waals surface area contributed by atoms with Crippen molar-refractivity contribution >= 4 is 56.8 Å². The number of carbonyl (C=O) groups excluding carboxylic acids is 2. The zero-order valence-corrected chi connectivity index (χ0v) is 27.0. The first-order valence-corrected chi connectivity index (χ1v) is 16.3. The maximum Gasteiger partial charge on any atom is 0.267 e. The summed E-state index contributed by atoms with van der Waals surface area (Å²) in [7, 11) is 1.83. The van der Waals surface area contributed by atoms with E-state index in [2.05, 4.69) is 4.98 Å². The van der Waals surface area contributed by atoms with Gasteiger partial charge in [0, 0.05) is 56.1 Å². The summed E-state index contributed by atoms with van der Waals surface area (Å²) in [4.78, 5) is 49.1. The Morgan fingerprint density at radius 1 is 1.14 bits per heavy atom. The summed E-state index contributed by atoms with van der Waals surface area (Å²) in [5, 5.41) is 11.9. The van der Waals surface area contributed by atoms with Crippen LogP contribution in [0.4, 0.5) is 4.39 Å². The van der Waals surface area contributed by atoms with Crippen molar-refractivity contribution in [1.29, 1.82) is 0 Å². The van der Waals surface area contributed by atoms with Crippen molar-refractivity contribution in [3.8, 4) is 0 Å². The smallest absolute Gasteiger partial charge is 0.267 e. The minimum absolute atomic E-state index is 0.000220. The van der Waals surface area contributed by atoms with E-state index in [0.29, 0.717) is 60.0 Å². The van der Waals surface area contributed by atoms with E-state index in [9.17, 15) is 23.9 Å². The van der Waals surface area contributed by atoms with Gasteiger partial charge in [0.15, 0.2) is 5.82 Å². The van der Waals surface area contributed by atoms with Gasteiger partial charge in [-0.15, -0.1) is 11.3 Å². The van der Waals surface area contributed by atoms with E-state index in [-0.39, 0.29) is 40.6 Å². The van der Waals surface area contributed by atoms with E-state index in [4.69, 9.17) is 0 Å². The van der Waals surface area contributed by atoms with Gasteiger partial charge in [0.2, 0.25) is 5.91 Å². The number of aliphatic hydroxyl groups is 1. The maximum absolute atomic E-state index is 14.8. The molecule has 0 saturated carbocycles. The van der Waals surface area contributed by atoms with E-state index >= 15 is 0 Å². The quantitative estimate of drug-likeness (QED) is 0.313. The van der Waals surface area contributed by atoms with Crippen molar-refractivity contribution in [1.82, 2.24) is 23.9 Å². The monoisotopic (exact) mass is 717 g/mol. The molecule has 6 rings (SSSR count). The fourth-order valence-corrected chi connectivity index (χ4v) is 8.07. The van der Waals surface area contributed by atoms with Gasteiger partial charge in [-0.05, 0) is 60.4 Å². The molecule has 4 aromatic rings. The van der Waals surface area contributed by atoms with E-state index in [1.54, 1.807) is 33.6 Å². The highest BCUT2D eigenvalue weighted by atomic mass is 127. The molecule has 0 spiro atoms. The number of amides is 2. The highest BCUT2D eigenvalue weighted by Gasteiger charge is 2.42. The van der Waals surface area contributed by atoms with Crippen molar-refractivity contribution < 1.29 is 19.1 Å². The van der Waals surface area contributed by atoms with Crippen molar-refractivity contribution in [2.75, 3.05) is 26.2 Å². The second-order valence-electron chi connectivity index (χ2n) is 11.7. The molecule has 0 radical (unpaired) electrons. The van der Waals surface area contributed by atoms with Crippen molar-refractivity contribution in [3.63, 3.8) is 0 Å². The summed E-state index contributed by atoms with van der Waals surface area (Å²) in [5.41, 5.74) is 0.226. The van der Waals surface area contributed by atoms with Crippen LogP contribution in [0.2, 0.25) is 0 Å². The van der Waals surface area contributed by atoms with Crippen LogP contribution in [-0.2, 0) is 18.4 Å². The Kier molecular flexibility index (Phi) is 8.20. The van der Waals surface area contributed by atoms with Gasteiger partial charge >= 0.3 is 0 Å². The second kappa shape index (κ2) is 11.8. The van der Waals surface area contributed by atoms with Crippen LogP contribution in [-0.4, -0.2) is 72.6 Å². The minimum Gasteiger partial charge on any atom is -0.388 e. The molecule has 2 aliphatic rings. The molecule has 0 unspecified atom stereocenters. The molecule has 1 aromatic carbocycles. The molecule has 43 heavy (non-hydrogen) atoms. The largest absolute Gasteiger partial charge is 0.388 e. The lowest BCUT2D eigenvalue weighted by atomic mass is 9.79. The van der Waals surface area contributed by atoms with Gasteiger partial charge in [-0.3, -0.25) is 19.0 Å². The lowest BCUT2D eigenvalue weighted by Crippen LogP contribution is -2.53. The Bertz CT molecular complexity index is 1740. The fraction of sp³-hybridized carbons (Fsp3) is 0.419. The number of aryl methyl sites for hydroxylation is 2. The normalized spacial score (nSPS) is 20.5. The molecular weight excluding hydrogens is 684 g/mol. The average Bonchev–Trinajstić information content (AvgIpc) is 3.52. The molecule has 9 nitrogen and oxygen atoms in total. The third kappa shape index (κ3) is 5.64. The van der Waals surface area contributed by atoms with Crippen molar-refractivity contribution in [2.45, 2.75) is 44.2 Å². The van der Waals surface area contributed by atoms with Gasteiger partial charge in [-0.1, -0.05) is 30.3 Å². The topological polar surface area (TPSA) is 101 Å². The number of nitrogens with zero attached hydrogens (tertiary/aromatic N) is 5. The molecule has 0 aliphatic carbocycles. The van der Waals surface area contributed by atoms with Gasteiger partial charge in [0.05, 0.1) is 21.1 Å². The summed E-state index contributed by atoms with van der Waals surface area (Å²) >= 11 is 3.11. The molecular formula is C31H33FIN5O4S. The van der Waals surface area contributed by atoms with Gasteiger partial charge in [0.25, 0.3) is 11.5 Å².